The third-order valence-electron chi connectivity index (χ3n) is 5.15. The monoisotopic (exact) mass is 335 g/mol. The minimum absolute atomic E-state index is 0.0684. The van der Waals surface area contributed by atoms with Gasteiger partial charge in [0.15, 0.2) is 0 Å². The highest BCUT2D eigenvalue weighted by atomic mass is 35.5. The van der Waals surface area contributed by atoms with Gasteiger partial charge in [0.1, 0.15) is 0 Å². The van der Waals surface area contributed by atoms with Gasteiger partial charge in [-0.25, -0.2) is 0 Å². The van der Waals surface area contributed by atoms with Crippen molar-refractivity contribution in [2.75, 3.05) is 6.54 Å². The molecule has 1 aromatic rings. The summed E-state index contributed by atoms with van der Waals surface area (Å²) in [6.07, 6.45) is 4.84. The number of carboxylic acid groups (broad SMARTS) is 1. The predicted octanol–water partition coefficient (Wildman–Crippen LogP) is 3.89. The van der Waals surface area contributed by atoms with Crippen LogP contribution in [0, 0.1) is 11.8 Å². The molecule has 1 heterocycles. The lowest BCUT2D eigenvalue weighted by atomic mass is 9.93. The summed E-state index contributed by atoms with van der Waals surface area (Å²) < 4.78 is 0. The van der Waals surface area contributed by atoms with Crippen LogP contribution in [0.1, 0.15) is 50.1 Å². The number of hydrogen-bond acceptors (Lipinski definition) is 2. The summed E-state index contributed by atoms with van der Waals surface area (Å²) in [6, 6.07) is 7.79. The predicted molar refractivity (Wildman–Crippen MR) is 88.2 cm³/mol. The smallest absolute Gasteiger partial charge is 0.306 e. The Hall–Kier alpha value is -1.55. The molecule has 0 bridgehead atoms. The molecule has 0 aromatic heterocycles. The van der Waals surface area contributed by atoms with Gasteiger partial charge < -0.3 is 10.0 Å². The standard InChI is InChI=1S/C18H22ClNO3/c19-15-5-3-4-12(11-15)16-6-1-2-9-20(16)17(21)13-7-8-14(10-13)18(22)23/h3-5,11,13-14,16H,1-2,6-10H2,(H,22,23)/t13-,14+,16?/m0/s1. The Kier molecular flexibility index (Phi) is 4.90. The summed E-state index contributed by atoms with van der Waals surface area (Å²) in [5, 5.41) is 9.83. The molecule has 23 heavy (non-hydrogen) atoms. The molecule has 1 aliphatic carbocycles. The van der Waals surface area contributed by atoms with E-state index in [1.54, 1.807) is 0 Å². The summed E-state index contributed by atoms with van der Waals surface area (Å²) in [5.41, 5.74) is 1.08. The quantitative estimate of drug-likeness (QED) is 0.911. The van der Waals surface area contributed by atoms with E-state index in [1.165, 1.54) is 0 Å². The van der Waals surface area contributed by atoms with Gasteiger partial charge in [-0.1, -0.05) is 23.7 Å². The van der Waals surface area contributed by atoms with Gasteiger partial charge in [0.2, 0.25) is 5.91 Å². The van der Waals surface area contributed by atoms with Gasteiger partial charge in [-0.05, 0) is 56.2 Å². The van der Waals surface area contributed by atoms with Crippen molar-refractivity contribution >= 4 is 23.5 Å². The van der Waals surface area contributed by atoms with Crippen molar-refractivity contribution in [2.24, 2.45) is 11.8 Å². The molecule has 1 aliphatic heterocycles. The molecule has 1 N–H and O–H groups in total. The lowest BCUT2D eigenvalue weighted by Gasteiger charge is -2.37. The molecular formula is C18H22ClNO3. The third kappa shape index (κ3) is 3.52. The average molecular weight is 336 g/mol. The number of nitrogens with zero attached hydrogens (tertiary/aromatic N) is 1. The summed E-state index contributed by atoms with van der Waals surface area (Å²) in [4.78, 5) is 26.0. The Morgan fingerprint density at radius 3 is 2.61 bits per heavy atom. The van der Waals surface area contributed by atoms with Crippen LogP contribution in [0.15, 0.2) is 24.3 Å². The molecular weight excluding hydrogens is 314 g/mol. The zero-order valence-corrected chi connectivity index (χ0v) is 13.8. The lowest BCUT2D eigenvalue weighted by Crippen LogP contribution is -2.41. The van der Waals surface area contributed by atoms with Crippen molar-refractivity contribution in [1.29, 1.82) is 0 Å². The van der Waals surface area contributed by atoms with Gasteiger partial charge in [-0.15, -0.1) is 0 Å². The van der Waals surface area contributed by atoms with E-state index in [9.17, 15) is 9.59 Å². The molecule has 1 amide bonds. The highest BCUT2D eigenvalue weighted by Crippen LogP contribution is 2.37. The Morgan fingerprint density at radius 1 is 1.13 bits per heavy atom. The van der Waals surface area contributed by atoms with Crippen LogP contribution < -0.4 is 0 Å². The number of benzene rings is 1. The van der Waals surface area contributed by atoms with Gasteiger partial charge in [0, 0.05) is 17.5 Å². The molecule has 1 unspecified atom stereocenters. The van der Waals surface area contributed by atoms with E-state index in [0.29, 0.717) is 24.3 Å². The van der Waals surface area contributed by atoms with Crippen LogP contribution >= 0.6 is 11.6 Å². The Bertz CT molecular complexity index is 604. The van der Waals surface area contributed by atoms with Gasteiger partial charge >= 0.3 is 5.97 Å². The lowest BCUT2D eigenvalue weighted by molar-refractivity contribution is -0.142. The third-order valence-corrected chi connectivity index (χ3v) is 5.39. The SMILES string of the molecule is O=C(O)[C@@H]1CC[C@H](C(=O)N2CCCCC2c2cccc(Cl)c2)C1. The maximum atomic E-state index is 12.9. The number of amides is 1. The van der Waals surface area contributed by atoms with Crippen LogP contribution in [0.3, 0.4) is 0 Å². The van der Waals surface area contributed by atoms with Crippen LogP contribution in [0.2, 0.25) is 5.02 Å². The van der Waals surface area contributed by atoms with E-state index >= 15 is 0 Å². The van der Waals surface area contributed by atoms with Crippen LogP contribution in [-0.2, 0) is 9.59 Å². The Labute approximate surface area is 141 Å². The van der Waals surface area contributed by atoms with E-state index in [2.05, 4.69) is 0 Å². The highest BCUT2D eigenvalue weighted by molar-refractivity contribution is 6.30. The number of carbonyl (C=O) groups is 2. The second-order valence-electron chi connectivity index (χ2n) is 6.64. The van der Waals surface area contributed by atoms with E-state index < -0.39 is 5.97 Å². The fraction of sp³-hybridized carbons (Fsp3) is 0.556. The molecule has 3 atom stereocenters. The molecule has 2 fully saturated rings. The average Bonchev–Trinajstić information content (AvgIpc) is 3.04. The number of carboxylic acids is 1. The minimum atomic E-state index is -0.773. The molecule has 1 saturated heterocycles. The van der Waals surface area contributed by atoms with Gasteiger partial charge in [-0.3, -0.25) is 9.59 Å². The Morgan fingerprint density at radius 2 is 1.91 bits per heavy atom. The van der Waals surface area contributed by atoms with Gasteiger partial charge in [0.25, 0.3) is 0 Å². The minimum Gasteiger partial charge on any atom is -0.481 e. The normalized spacial score (nSPS) is 27.9. The highest BCUT2D eigenvalue weighted by Gasteiger charge is 2.38. The van der Waals surface area contributed by atoms with Crippen LogP contribution in [0.25, 0.3) is 0 Å². The van der Waals surface area contributed by atoms with Gasteiger partial charge in [-0.2, -0.15) is 0 Å². The van der Waals surface area contributed by atoms with Crippen molar-refractivity contribution in [2.45, 2.75) is 44.6 Å². The Balaban J connectivity index is 1.76. The molecule has 5 heteroatoms. The molecule has 0 spiro atoms. The zero-order valence-electron chi connectivity index (χ0n) is 13.1. The van der Waals surface area contributed by atoms with E-state index in [-0.39, 0.29) is 23.8 Å². The zero-order chi connectivity index (χ0) is 16.4. The number of piperidine rings is 1. The topological polar surface area (TPSA) is 57.6 Å². The number of likely N-dealkylation sites (tertiary alicyclic amines) is 1. The summed E-state index contributed by atoms with van der Waals surface area (Å²) >= 11 is 6.10. The van der Waals surface area contributed by atoms with Crippen LogP contribution in [0.5, 0.6) is 0 Å². The summed E-state index contributed by atoms with van der Waals surface area (Å²) in [7, 11) is 0. The second-order valence-corrected chi connectivity index (χ2v) is 7.08. The molecule has 1 aromatic carbocycles. The van der Waals surface area contributed by atoms with Gasteiger partial charge in [0.05, 0.1) is 12.0 Å². The summed E-state index contributed by atoms with van der Waals surface area (Å²) in [5.74, 6) is -1.15. The first-order valence-electron chi connectivity index (χ1n) is 8.35. The molecule has 4 nitrogen and oxygen atoms in total. The first-order valence-corrected chi connectivity index (χ1v) is 8.73. The first-order chi connectivity index (χ1) is 11.1. The summed E-state index contributed by atoms with van der Waals surface area (Å²) in [6.45, 7) is 0.754. The second kappa shape index (κ2) is 6.91. The molecule has 0 radical (unpaired) electrons. The molecule has 124 valence electrons. The van der Waals surface area contributed by atoms with Crippen LogP contribution in [-0.4, -0.2) is 28.4 Å². The fourth-order valence-corrected chi connectivity index (χ4v) is 4.12. The van der Waals surface area contributed by atoms with E-state index in [0.717, 1.165) is 31.4 Å². The number of hydrogen-bond donors (Lipinski definition) is 1. The number of aliphatic carboxylic acids is 1. The van der Waals surface area contributed by atoms with Crippen molar-refractivity contribution in [1.82, 2.24) is 4.90 Å². The van der Waals surface area contributed by atoms with E-state index in [4.69, 9.17) is 16.7 Å². The number of halogens is 1. The van der Waals surface area contributed by atoms with Crippen LogP contribution in [0.4, 0.5) is 0 Å². The molecule has 3 rings (SSSR count). The van der Waals surface area contributed by atoms with Crippen molar-refractivity contribution < 1.29 is 14.7 Å². The maximum absolute atomic E-state index is 12.9. The van der Waals surface area contributed by atoms with Crippen molar-refractivity contribution in [3.05, 3.63) is 34.9 Å². The molecule has 1 saturated carbocycles. The number of rotatable bonds is 3. The first kappa shape index (κ1) is 16.3. The van der Waals surface area contributed by atoms with Crippen molar-refractivity contribution in [3.63, 3.8) is 0 Å². The number of carbonyl (C=O) groups excluding carboxylic acids is 1. The maximum Gasteiger partial charge on any atom is 0.306 e. The van der Waals surface area contributed by atoms with E-state index in [1.807, 2.05) is 29.2 Å². The molecule has 2 aliphatic rings. The van der Waals surface area contributed by atoms with Crippen molar-refractivity contribution in [3.8, 4) is 0 Å². The fourth-order valence-electron chi connectivity index (χ4n) is 3.92. The largest absolute Gasteiger partial charge is 0.481 e.